The molecule has 0 amide bonds. The van der Waals surface area contributed by atoms with Crippen LogP contribution in [0.3, 0.4) is 0 Å². The summed E-state index contributed by atoms with van der Waals surface area (Å²) in [5.74, 6) is 0.542. The normalized spacial score (nSPS) is 16.4. The summed E-state index contributed by atoms with van der Waals surface area (Å²) < 4.78 is 32.9. The summed E-state index contributed by atoms with van der Waals surface area (Å²) in [5, 5.41) is 0. The first-order valence-electron chi connectivity index (χ1n) is 21.2. The van der Waals surface area contributed by atoms with E-state index in [1.807, 2.05) is 26.8 Å². The molecule has 1 aromatic heterocycles. The van der Waals surface area contributed by atoms with Gasteiger partial charge in [0, 0.05) is 24.8 Å². The largest absolute Gasteiger partial charge is 0.512 e. The van der Waals surface area contributed by atoms with Crippen molar-refractivity contribution in [3.63, 3.8) is 0 Å². The van der Waals surface area contributed by atoms with Crippen molar-refractivity contribution in [2.75, 3.05) is 33.4 Å². The molecule has 1 aromatic carbocycles. The quantitative estimate of drug-likeness (QED) is 0.0479. The highest BCUT2D eigenvalue weighted by Crippen LogP contribution is 2.33. The third kappa shape index (κ3) is 19.1. The van der Waals surface area contributed by atoms with E-state index in [1.165, 1.54) is 81.5 Å². The topological polar surface area (TPSA) is 96.8 Å². The van der Waals surface area contributed by atoms with Crippen LogP contribution in [0.1, 0.15) is 167 Å². The lowest BCUT2D eigenvalue weighted by atomic mass is 10.0. The monoisotopic (exact) mass is 771 g/mol. The van der Waals surface area contributed by atoms with Crippen LogP contribution in [-0.4, -0.2) is 70.5 Å². The molecule has 0 N–H and O–H groups in total. The van der Waals surface area contributed by atoms with Crippen molar-refractivity contribution in [3.05, 3.63) is 47.7 Å². The maximum absolute atomic E-state index is 13.1. The van der Waals surface area contributed by atoms with E-state index < -0.39 is 6.16 Å². The number of unbranched alkanes of at least 4 members (excludes halogenated alkanes) is 15. The molecular formula is C44H72N3O6S+. The molecule has 0 bridgehead atoms. The predicted octanol–water partition coefficient (Wildman–Crippen LogP) is 11.6. The van der Waals surface area contributed by atoms with Gasteiger partial charge in [0.15, 0.2) is 0 Å². The highest BCUT2D eigenvalue weighted by Gasteiger charge is 2.39. The number of aromatic nitrogens is 2. The van der Waals surface area contributed by atoms with Gasteiger partial charge in [0.1, 0.15) is 17.8 Å². The molecule has 0 radical (unpaired) electrons. The highest BCUT2D eigenvalue weighted by atomic mass is 32.1. The number of benzene rings is 1. The first kappa shape index (κ1) is 45.4. The van der Waals surface area contributed by atoms with Crippen molar-refractivity contribution in [2.24, 2.45) is 0 Å². The van der Waals surface area contributed by atoms with Crippen LogP contribution < -0.4 is 4.74 Å². The van der Waals surface area contributed by atoms with Crippen LogP contribution in [-0.2, 0) is 25.4 Å². The van der Waals surface area contributed by atoms with E-state index in [4.69, 9.17) is 18.9 Å². The second-order valence-corrected chi connectivity index (χ2v) is 16.9. The fraction of sp³-hybridized carbons (Fsp3) is 0.727. The molecule has 304 valence electrons. The summed E-state index contributed by atoms with van der Waals surface area (Å²) in [6.45, 7) is 10.5. The van der Waals surface area contributed by atoms with Crippen LogP contribution in [0.25, 0.3) is 5.57 Å². The molecule has 1 aliphatic heterocycles. The number of carbonyl (C=O) groups is 2. The molecule has 2 heterocycles. The Bertz CT molecular complexity index is 1340. The second kappa shape index (κ2) is 26.0. The first-order valence-corrected chi connectivity index (χ1v) is 21.9. The van der Waals surface area contributed by atoms with Crippen LogP contribution in [0.5, 0.6) is 5.88 Å². The average molecular weight is 771 g/mol. The van der Waals surface area contributed by atoms with Gasteiger partial charge in [-0.3, -0.25) is 9.28 Å². The van der Waals surface area contributed by atoms with Gasteiger partial charge in [0.05, 0.1) is 38.5 Å². The van der Waals surface area contributed by atoms with Gasteiger partial charge in [-0.25, -0.2) is 4.79 Å². The minimum absolute atomic E-state index is 0.0774. The van der Waals surface area contributed by atoms with E-state index in [9.17, 15) is 9.59 Å². The summed E-state index contributed by atoms with van der Waals surface area (Å²) in [7, 11) is 2.18. The molecule has 2 atom stereocenters. The van der Waals surface area contributed by atoms with Crippen molar-refractivity contribution < 1.29 is 33.0 Å². The average Bonchev–Trinajstić information content (AvgIpc) is 3.61. The van der Waals surface area contributed by atoms with Crippen molar-refractivity contribution in [1.29, 1.82) is 0 Å². The lowest BCUT2D eigenvalue weighted by Crippen LogP contribution is -2.56. The summed E-state index contributed by atoms with van der Waals surface area (Å²) in [6, 6.07) is 10.4. The molecule has 2 unspecified atom stereocenters. The minimum atomic E-state index is -0.571. The molecule has 2 aromatic rings. The number of carbonyl (C=O) groups excluding carboxylic acids is 2. The summed E-state index contributed by atoms with van der Waals surface area (Å²) in [5.41, 5.74) is 2.77. The zero-order chi connectivity index (χ0) is 38.9. The van der Waals surface area contributed by atoms with E-state index in [0.717, 1.165) is 75.6 Å². The molecule has 0 fully saturated rings. The van der Waals surface area contributed by atoms with E-state index in [2.05, 4.69) is 53.1 Å². The van der Waals surface area contributed by atoms with Gasteiger partial charge in [-0.2, -0.15) is 4.37 Å². The van der Waals surface area contributed by atoms with Crippen LogP contribution in [0.15, 0.2) is 36.4 Å². The number of quaternary nitrogens is 1. The van der Waals surface area contributed by atoms with Gasteiger partial charge >= 0.3 is 12.1 Å². The van der Waals surface area contributed by atoms with Gasteiger partial charge in [-0.05, 0) is 52.0 Å². The van der Waals surface area contributed by atoms with E-state index in [0.29, 0.717) is 43.0 Å². The fourth-order valence-electron chi connectivity index (χ4n) is 7.09. The Labute approximate surface area is 331 Å². The summed E-state index contributed by atoms with van der Waals surface area (Å²) in [4.78, 5) is 24.9. The number of hydrogen-bond donors (Lipinski definition) is 0. The number of esters is 1. The number of ether oxygens (including phenoxy) is 4. The van der Waals surface area contributed by atoms with Crippen LogP contribution in [0.4, 0.5) is 4.79 Å². The Morgan fingerprint density at radius 3 is 2.07 bits per heavy atom. The zero-order valence-corrected chi connectivity index (χ0v) is 35.2. The van der Waals surface area contributed by atoms with Crippen LogP contribution in [0, 0.1) is 0 Å². The number of nitrogens with zero attached hydrogens (tertiary/aromatic N) is 3. The van der Waals surface area contributed by atoms with Crippen molar-refractivity contribution in [2.45, 2.75) is 174 Å². The Kier molecular flexibility index (Phi) is 21.8. The molecule has 1 aliphatic rings. The summed E-state index contributed by atoms with van der Waals surface area (Å²) in [6.07, 6.45) is 24.0. The van der Waals surface area contributed by atoms with Gasteiger partial charge in [-0.15, -0.1) is 4.37 Å². The standard InChI is InChI=1S/C44H72N3O6S/c1-6-7-8-24-34-50-42-41(45-54-46-42)38-29-26-33-47(5,36-38)39(32-31-37-27-21-20-22-28-37)52-43(49)51-35-25-19-17-15-13-11-9-10-12-14-16-18-23-30-40(48)53-44(2,3)4/h20-22,27-29,39H,6-19,23-26,30-36H2,1-5H3/q+1. The number of rotatable bonds is 28. The summed E-state index contributed by atoms with van der Waals surface area (Å²) >= 11 is 1.19. The van der Waals surface area contributed by atoms with Crippen molar-refractivity contribution >= 4 is 29.4 Å². The van der Waals surface area contributed by atoms with Gasteiger partial charge < -0.3 is 18.9 Å². The van der Waals surface area contributed by atoms with E-state index >= 15 is 0 Å². The van der Waals surface area contributed by atoms with E-state index in [1.54, 1.807) is 0 Å². The third-order valence-electron chi connectivity index (χ3n) is 10.2. The van der Waals surface area contributed by atoms with Gasteiger partial charge in [0.25, 0.3) is 5.88 Å². The molecular weight excluding hydrogens is 699 g/mol. The van der Waals surface area contributed by atoms with Crippen molar-refractivity contribution in [3.8, 4) is 5.88 Å². The van der Waals surface area contributed by atoms with Crippen LogP contribution >= 0.6 is 11.7 Å². The van der Waals surface area contributed by atoms with Crippen LogP contribution in [0.2, 0.25) is 0 Å². The lowest BCUT2D eigenvalue weighted by Gasteiger charge is -2.42. The molecule has 10 heteroatoms. The zero-order valence-electron chi connectivity index (χ0n) is 34.4. The number of aryl methyl sites for hydroxylation is 1. The van der Waals surface area contributed by atoms with Gasteiger partial charge in [-0.1, -0.05) is 133 Å². The Hall–Kier alpha value is -2.98. The Morgan fingerprint density at radius 1 is 0.815 bits per heavy atom. The van der Waals surface area contributed by atoms with Gasteiger partial charge in [0.2, 0.25) is 6.23 Å². The Balaban J connectivity index is 1.32. The number of hydrogen-bond acceptors (Lipinski definition) is 9. The smallest absolute Gasteiger partial charge is 0.475 e. The fourth-order valence-corrected chi connectivity index (χ4v) is 7.63. The first-order chi connectivity index (χ1) is 26.1. The minimum Gasteiger partial charge on any atom is -0.475 e. The molecule has 0 saturated carbocycles. The maximum atomic E-state index is 13.1. The third-order valence-corrected chi connectivity index (χ3v) is 10.7. The number of likely N-dealkylation sites (N-methyl/N-ethyl adjacent to an activating group) is 1. The predicted molar refractivity (Wildman–Crippen MR) is 220 cm³/mol. The van der Waals surface area contributed by atoms with Crippen molar-refractivity contribution in [1.82, 2.24) is 8.75 Å². The maximum Gasteiger partial charge on any atom is 0.512 e. The second-order valence-electron chi connectivity index (χ2n) is 16.3. The SMILES string of the molecule is CCCCCCOc1nsnc1C1=CCC[N+](C)(C(CCc2ccccc2)OC(=O)OCCCCCCCCCCCCCCCC(=O)OC(C)(C)C)C1. The molecule has 3 rings (SSSR count). The lowest BCUT2D eigenvalue weighted by molar-refractivity contribution is -0.947. The molecule has 54 heavy (non-hydrogen) atoms. The molecule has 0 aliphatic carbocycles. The molecule has 9 nitrogen and oxygen atoms in total. The molecule has 0 saturated heterocycles. The molecule has 0 spiro atoms. The van der Waals surface area contributed by atoms with E-state index in [-0.39, 0.29) is 17.8 Å². The highest BCUT2D eigenvalue weighted by molar-refractivity contribution is 6.99. The Morgan fingerprint density at radius 2 is 1.43 bits per heavy atom.